The van der Waals surface area contributed by atoms with Crippen LogP contribution in [-0.2, 0) is 18.1 Å². The zero-order valence-electron chi connectivity index (χ0n) is 15.9. The van der Waals surface area contributed by atoms with Crippen LogP contribution in [0.4, 0.5) is 0 Å². The van der Waals surface area contributed by atoms with E-state index in [2.05, 4.69) is 24.2 Å². The second kappa shape index (κ2) is 9.81. The van der Waals surface area contributed by atoms with Gasteiger partial charge < -0.3 is 14.3 Å². The van der Waals surface area contributed by atoms with Crippen molar-refractivity contribution in [3.05, 3.63) is 94.0 Å². The van der Waals surface area contributed by atoms with Crippen molar-refractivity contribution in [2.75, 3.05) is 7.11 Å². The number of oxime groups is 1. The van der Waals surface area contributed by atoms with E-state index < -0.39 is 0 Å². The van der Waals surface area contributed by atoms with Gasteiger partial charge in [0.25, 0.3) is 0 Å². The van der Waals surface area contributed by atoms with E-state index in [4.69, 9.17) is 25.9 Å². The molecule has 144 valence electrons. The van der Waals surface area contributed by atoms with Crippen LogP contribution < -0.4 is 9.47 Å². The smallest absolute Gasteiger partial charge is 0.161 e. The summed E-state index contributed by atoms with van der Waals surface area (Å²) in [4.78, 5) is 5.37. The Morgan fingerprint density at radius 1 is 0.857 bits per heavy atom. The third kappa shape index (κ3) is 5.76. The van der Waals surface area contributed by atoms with Crippen LogP contribution in [0.1, 0.15) is 22.3 Å². The highest BCUT2D eigenvalue weighted by Gasteiger charge is 2.06. The highest BCUT2D eigenvalue weighted by Crippen LogP contribution is 2.28. The summed E-state index contributed by atoms with van der Waals surface area (Å²) in [6, 6.07) is 21.3. The Hall–Kier alpha value is -2.98. The van der Waals surface area contributed by atoms with Crippen molar-refractivity contribution in [3.8, 4) is 11.5 Å². The van der Waals surface area contributed by atoms with E-state index >= 15 is 0 Å². The quantitative estimate of drug-likeness (QED) is 0.358. The lowest BCUT2D eigenvalue weighted by Gasteiger charge is -2.11. The Balaban J connectivity index is 1.57. The van der Waals surface area contributed by atoms with Crippen molar-refractivity contribution in [2.45, 2.75) is 20.1 Å². The summed E-state index contributed by atoms with van der Waals surface area (Å²) in [5, 5.41) is 4.74. The van der Waals surface area contributed by atoms with Crippen LogP contribution in [0, 0.1) is 6.92 Å². The van der Waals surface area contributed by atoms with E-state index in [0.29, 0.717) is 29.7 Å². The van der Waals surface area contributed by atoms with Gasteiger partial charge in [0.15, 0.2) is 11.5 Å². The first-order valence-electron chi connectivity index (χ1n) is 8.90. The second-order valence-electron chi connectivity index (χ2n) is 6.32. The first-order valence-corrected chi connectivity index (χ1v) is 9.28. The molecule has 3 rings (SSSR count). The van der Waals surface area contributed by atoms with Crippen molar-refractivity contribution in [1.29, 1.82) is 0 Å². The predicted molar refractivity (Wildman–Crippen MR) is 112 cm³/mol. The molecule has 0 saturated heterocycles. The molecule has 3 aromatic carbocycles. The number of nitrogens with zero attached hydrogens (tertiary/aromatic N) is 1. The number of aryl methyl sites for hydroxylation is 1. The van der Waals surface area contributed by atoms with Gasteiger partial charge in [0.2, 0.25) is 0 Å². The van der Waals surface area contributed by atoms with Gasteiger partial charge in [-0.25, -0.2) is 0 Å². The molecule has 0 aromatic heterocycles. The van der Waals surface area contributed by atoms with Crippen LogP contribution in [0.5, 0.6) is 11.5 Å². The van der Waals surface area contributed by atoms with Crippen LogP contribution in [0.2, 0.25) is 5.02 Å². The van der Waals surface area contributed by atoms with Crippen molar-refractivity contribution >= 4 is 17.8 Å². The van der Waals surface area contributed by atoms with Crippen molar-refractivity contribution in [1.82, 2.24) is 0 Å². The van der Waals surface area contributed by atoms with Gasteiger partial charge in [0, 0.05) is 10.6 Å². The van der Waals surface area contributed by atoms with Gasteiger partial charge in [0.1, 0.15) is 13.2 Å². The number of rotatable bonds is 8. The molecule has 5 heteroatoms. The van der Waals surface area contributed by atoms with E-state index in [-0.39, 0.29) is 0 Å². The molecule has 0 N–H and O–H groups in total. The molecular weight excluding hydrogens is 374 g/mol. The number of ether oxygens (including phenoxy) is 2. The minimum atomic E-state index is 0.427. The Bertz CT molecular complexity index is 922. The Morgan fingerprint density at radius 2 is 1.54 bits per heavy atom. The lowest BCUT2D eigenvalue weighted by molar-refractivity contribution is 0.132. The first kappa shape index (κ1) is 19.8. The van der Waals surface area contributed by atoms with E-state index in [0.717, 1.165) is 16.7 Å². The molecular formula is C23H22ClNO3. The number of benzene rings is 3. The zero-order chi connectivity index (χ0) is 19.8. The number of hydrogen-bond donors (Lipinski definition) is 0. The standard InChI is InChI=1S/C23H22ClNO3/c1-17-3-5-19(6-4-17)16-28-25-14-20-9-12-22(23(13-20)26-2)27-15-18-7-10-21(24)11-8-18/h3-14H,15-16H2,1-2H3. The maximum Gasteiger partial charge on any atom is 0.161 e. The lowest BCUT2D eigenvalue weighted by Crippen LogP contribution is -1.98. The van der Waals surface area contributed by atoms with Gasteiger partial charge in [-0.15, -0.1) is 0 Å². The molecule has 0 spiro atoms. The number of halogens is 1. The summed E-state index contributed by atoms with van der Waals surface area (Å²) >= 11 is 5.90. The van der Waals surface area contributed by atoms with Crippen LogP contribution in [0.15, 0.2) is 71.9 Å². The summed E-state index contributed by atoms with van der Waals surface area (Å²) < 4.78 is 11.3. The van der Waals surface area contributed by atoms with Gasteiger partial charge in [-0.2, -0.15) is 0 Å². The van der Waals surface area contributed by atoms with Gasteiger partial charge >= 0.3 is 0 Å². The summed E-state index contributed by atoms with van der Waals surface area (Å²) in [6.45, 7) is 2.91. The second-order valence-corrected chi connectivity index (χ2v) is 6.76. The molecule has 0 aliphatic heterocycles. The van der Waals surface area contributed by atoms with Gasteiger partial charge in [0.05, 0.1) is 13.3 Å². The molecule has 4 nitrogen and oxygen atoms in total. The van der Waals surface area contributed by atoms with E-state index in [9.17, 15) is 0 Å². The maximum absolute atomic E-state index is 5.90. The maximum atomic E-state index is 5.90. The fourth-order valence-electron chi connectivity index (χ4n) is 2.52. The van der Waals surface area contributed by atoms with E-state index in [1.165, 1.54) is 5.56 Å². The van der Waals surface area contributed by atoms with E-state index in [1.54, 1.807) is 13.3 Å². The molecule has 0 amide bonds. The van der Waals surface area contributed by atoms with Crippen LogP contribution in [0.3, 0.4) is 0 Å². The third-order valence-electron chi connectivity index (χ3n) is 4.12. The van der Waals surface area contributed by atoms with Gasteiger partial charge in [-0.05, 0) is 48.4 Å². The highest BCUT2D eigenvalue weighted by molar-refractivity contribution is 6.30. The first-order chi connectivity index (χ1) is 13.6. The summed E-state index contributed by atoms with van der Waals surface area (Å²) in [7, 11) is 1.61. The van der Waals surface area contributed by atoms with Gasteiger partial charge in [-0.1, -0.05) is 58.7 Å². The van der Waals surface area contributed by atoms with Crippen molar-refractivity contribution in [2.24, 2.45) is 5.16 Å². The predicted octanol–water partition coefficient (Wildman–Crippen LogP) is 5.79. The topological polar surface area (TPSA) is 40.0 Å². The lowest BCUT2D eigenvalue weighted by atomic mass is 10.2. The molecule has 0 aliphatic rings. The highest BCUT2D eigenvalue weighted by atomic mass is 35.5. The summed E-state index contributed by atoms with van der Waals surface area (Å²) in [5.41, 5.74) is 4.19. The monoisotopic (exact) mass is 395 g/mol. The Morgan fingerprint density at radius 3 is 2.25 bits per heavy atom. The van der Waals surface area contributed by atoms with Crippen molar-refractivity contribution < 1.29 is 14.3 Å². The molecule has 0 atom stereocenters. The zero-order valence-corrected chi connectivity index (χ0v) is 16.6. The third-order valence-corrected chi connectivity index (χ3v) is 4.38. The molecule has 0 bridgehead atoms. The molecule has 28 heavy (non-hydrogen) atoms. The van der Waals surface area contributed by atoms with Gasteiger partial charge in [-0.3, -0.25) is 0 Å². The average molecular weight is 396 g/mol. The molecule has 0 heterocycles. The SMILES string of the molecule is COc1cc(C=NOCc2ccc(C)cc2)ccc1OCc1ccc(Cl)cc1. The number of hydrogen-bond acceptors (Lipinski definition) is 4. The van der Waals surface area contributed by atoms with Crippen molar-refractivity contribution in [3.63, 3.8) is 0 Å². The van der Waals surface area contributed by atoms with Crippen LogP contribution in [-0.4, -0.2) is 13.3 Å². The summed E-state index contributed by atoms with van der Waals surface area (Å²) in [6.07, 6.45) is 1.65. The Labute approximate surface area is 170 Å². The molecule has 0 radical (unpaired) electrons. The minimum Gasteiger partial charge on any atom is -0.493 e. The minimum absolute atomic E-state index is 0.427. The molecule has 3 aromatic rings. The molecule has 0 saturated carbocycles. The van der Waals surface area contributed by atoms with Crippen LogP contribution >= 0.6 is 11.6 Å². The normalized spacial score (nSPS) is 10.8. The molecule has 0 aliphatic carbocycles. The molecule has 0 unspecified atom stereocenters. The number of methoxy groups -OCH3 is 1. The van der Waals surface area contributed by atoms with Crippen LogP contribution in [0.25, 0.3) is 0 Å². The van der Waals surface area contributed by atoms with E-state index in [1.807, 2.05) is 54.6 Å². The molecule has 0 fully saturated rings. The Kier molecular flexibility index (Phi) is 6.93. The average Bonchev–Trinajstić information content (AvgIpc) is 2.72. The fourth-order valence-corrected chi connectivity index (χ4v) is 2.65. The largest absolute Gasteiger partial charge is 0.493 e. The summed E-state index contributed by atoms with van der Waals surface area (Å²) in [5.74, 6) is 1.30. The fraction of sp³-hybridized carbons (Fsp3) is 0.174.